The maximum absolute atomic E-state index is 12.9. The van der Waals surface area contributed by atoms with Crippen LogP contribution < -0.4 is 10.9 Å². The van der Waals surface area contributed by atoms with Crippen molar-refractivity contribution in [3.63, 3.8) is 0 Å². The Morgan fingerprint density at radius 1 is 0.969 bits per heavy atom. The van der Waals surface area contributed by atoms with Crippen LogP contribution in [0.3, 0.4) is 0 Å². The van der Waals surface area contributed by atoms with Crippen molar-refractivity contribution >= 4 is 11.8 Å². The number of amides is 2. The lowest BCUT2D eigenvalue weighted by Gasteiger charge is -2.19. The molecule has 1 aromatic heterocycles. The largest absolute Gasteiger partial charge is 0.416 e. The van der Waals surface area contributed by atoms with Gasteiger partial charge in [-0.15, -0.1) is 10.2 Å². The number of nitrogens with zero attached hydrogens (tertiary/aromatic N) is 4. The number of hydrazine groups is 1. The van der Waals surface area contributed by atoms with Crippen LogP contribution >= 0.6 is 0 Å². The highest BCUT2D eigenvalue weighted by atomic mass is 19.4. The number of halogens is 3. The van der Waals surface area contributed by atoms with Crippen LogP contribution in [0, 0.1) is 0 Å². The molecule has 8 nitrogen and oxygen atoms in total. The van der Waals surface area contributed by atoms with Crippen LogP contribution in [0.4, 0.5) is 13.2 Å². The SMILES string of the molecule is CC(C)(C)c1ccc(C(=O)NNC(=O)Cn2nnc(-c3cccc(C(F)(F)F)c3)n2)cc1. The van der Waals surface area contributed by atoms with Crippen LogP contribution in [0.1, 0.15) is 42.3 Å². The second-order valence-electron chi connectivity index (χ2n) is 8.05. The quantitative estimate of drug-likeness (QED) is 0.600. The molecule has 1 heterocycles. The van der Waals surface area contributed by atoms with Gasteiger partial charge in [0.15, 0.2) is 0 Å². The molecular weight excluding hydrogens is 425 g/mol. The molecule has 11 heteroatoms. The highest BCUT2D eigenvalue weighted by Crippen LogP contribution is 2.31. The number of tetrazole rings is 1. The molecule has 0 unspecified atom stereocenters. The van der Waals surface area contributed by atoms with Crippen LogP contribution in [0.5, 0.6) is 0 Å². The molecule has 0 aliphatic rings. The molecule has 2 amide bonds. The van der Waals surface area contributed by atoms with Gasteiger partial charge in [-0.05, 0) is 40.5 Å². The molecule has 0 saturated heterocycles. The molecular formula is C21H21F3N6O2. The molecule has 0 saturated carbocycles. The Morgan fingerprint density at radius 2 is 1.66 bits per heavy atom. The van der Waals surface area contributed by atoms with Crippen molar-refractivity contribution in [3.8, 4) is 11.4 Å². The highest BCUT2D eigenvalue weighted by Gasteiger charge is 2.30. The van der Waals surface area contributed by atoms with E-state index in [-0.39, 0.29) is 16.8 Å². The summed E-state index contributed by atoms with van der Waals surface area (Å²) in [5, 5.41) is 11.3. The van der Waals surface area contributed by atoms with Crippen molar-refractivity contribution in [2.45, 2.75) is 38.9 Å². The normalized spacial score (nSPS) is 11.8. The van der Waals surface area contributed by atoms with Gasteiger partial charge >= 0.3 is 6.18 Å². The highest BCUT2D eigenvalue weighted by molar-refractivity contribution is 5.95. The first-order valence-electron chi connectivity index (χ1n) is 9.58. The third-order valence-electron chi connectivity index (χ3n) is 4.51. The summed E-state index contributed by atoms with van der Waals surface area (Å²) in [6.07, 6.45) is -4.50. The smallest absolute Gasteiger partial charge is 0.271 e. The molecule has 0 spiro atoms. The average Bonchev–Trinajstić information content (AvgIpc) is 3.19. The summed E-state index contributed by atoms with van der Waals surface area (Å²) in [4.78, 5) is 25.2. The van der Waals surface area contributed by atoms with Gasteiger partial charge in [0.2, 0.25) is 5.82 Å². The summed E-state index contributed by atoms with van der Waals surface area (Å²) in [7, 11) is 0. The fraction of sp³-hybridized carbons (Fsp3) is 0.286. The monoisotopic (exact) mass is 446 g/mol. The minimum absolute atomic E-state index is 0.0546. The number of aromatic nitrogens is 4. The number of hydrogen-bond donors (Lipinski definition) is 2. The predicted molar refractivity (Wildman–Crippen MR) is 109 cm³/mol. The molecule has 0 aliphatic heterocycles. The Labute approximate surface area is 181 Å². The van der Waals surface area contributed by atoms with Crippen molar-refractivity contribution in [2.24, 2.45) is 0 Å². The summed E-state index contributed by atoms with van der Waals surface area (Å²) in [6, 6.07) is 11.5. The summed E-state index contributed by atoms with van der Waals surface area (Å²) < 4.78 is 38.6. The van der Waals surface area contributed by atoms with Gasteiger partial charge in [-0.3, -0.25) is 20.4 Å². The molecule has 32 heavy (non-hydrogen) atoms. The second-order valence-corrected chi connectivity index (χ2v) is 8.05. The molecule has 0 radical (unpaired) electrons. The molecule has 2 N–H and O–H groups in total. The van der Waals surface area contributed by atoms with Crippen molar-refractivity contribution in [1.82, 2.24) is 31.1 Å². The molecule has 0 aliphatic carbocycles. The van der Waals surface area contributed by atoms with Crippen LogP contribution in [-0.2, 0) is 22.9 Å². The zero-order chi connectivity index (χ0) is 23.5. The van der Waals surface area contributed by atoms with E-state index < -0.39 is 30.1 Å². The minimum Gasteiger partial charge on any atom is -0.271 e. The van der Waals surface area contributed by atoms with Gasteiger partial charge in [-0.1, -0.05) is 45.0 Å². The average molecular weight is 446 g/mol. The van der Waals surface area contributed by atoms with Crippen LogP contribution in [0.25, 0.3) is 11.4 Å². The fourth-order valence-electron chi connectivity index (χ4n) is 2.75. The first kappa shape index (κ1) is 22.9. The number of carbonyl (C=O) groups is 2. The summed E-state index contributed by atoms with van der Waals surface area (Å²) >= 11 is 0. The standard InChI is InChI=1S/C21H21F3N6O2/c1-20(2,3)15-9-7-13(8-10-15)19(32)27-25-17(31)12-30-28-18(26-29-30)14-5-4-6-16(11-14)21(22,23)24/h4-11H,12H2,1-3H3,(H,25,31)(H,27,32). The number of hydrogen-bond acceptors (Lipinski definition) is 5. The van der Waals surface area contributed by atoms with E-state index in [2.05, 4.69) is 47.0 Å². The minimum atomic E-state index is -4.50. The van der Waals surface area contributed by atoms with Crippen LogP contribution in [-0.4, -0.2) is 32.0 Å². The van der Waals surface area contributed by atoms with E-state index in [9.17, 15) is 22.8 Å². The molecule has 3 aromatic rings. The molecule has 3 rings (SSSR count). The number of benzene rings is 2. The molecule has 2 aromatic carbocycles. The molecule has 0 bridgehead atoms. The topological polar surface area (TPSA) is 102 Å². The van der Waals surface area contributed by atoms with Gasteiger partial charge in [0.05, 0.1) is 5.56 Å². The van der Waals surface area contributed by atoms with Gasteiger partial charge in [-0.25, -0.2) is 0 Å². The van der Waals surface area contributed by atoms with Crippen molar-refractivity contribution in [3.05, 3.63) is 65.2 Å². The van der Waals surface area contributed by atoms with E-state index in [0.717, 1.165) is 22.5 Å². The second kappa shape index (κ2) is 8.77. The lowest BCUT2D eigenvalue weighted by Crippen LogP contribution is -2.43. The van der Waals surface area contributed by atoms with Gasteiger partial charge in [0, 0.05) is 11.1 Å². The molecule has 0 atom stereocenters. The Bertz CT molecular complexity index is 1120. The Hall–Kier alpha value is -3.76. The van der Waals surface area contributed by atoms with Gasteiger partial charge in [-0.2, -0.15) is 18.0 Å². The van der Waals surface area contributed by atoms with Gasteiger partial charge in [0.25, 0.3) is 11.8 Å². The first-order chi connectivity index (χ1) is 14.9. The van der Waals surface area contributed by atoms with Crippen molar-refractivity contribution in [2.75, 3.05) is 0 Å². The van der Waals surface area contributed by atoms with Gasteiger partial charge in [0.1, 0.15) is 6.54 Å². The Morgan fingerprint density at radius 3 is 2.28 bits per heavy atom. The maximum atomic E-state index is 12.9. The van der Waals surface area contributed by atoms with Crippen molar-refractivity contribution in [1.29, 1.82) is 0 Å². The number of alkyl halides is 3. The zero-order valence-electron chi connectivity index (χ0n) is 17.6. The van der Waals surface area contributed by atoms with Crippen molar-refractivity contribution < 1.29 is 22.8 Å². The summed E-state index contributed by atoms with van der Waals surface area (Å²) in [5.41, 5.74) is 5.16. The predicted octanol–water partition coefficient (Wildman–Crippen LogP) is 3.12. The summed E-state index contributed by atoms with van der Waals surface area (Å²) in [5.74, 6) is -1.21. The van der Waals surface area contributed by atoms with E-state index in [1.54, 1.807) is 12.1 Å². The maximum Gasteiger partial charge on any atom is 0.416 e. The summed E-state index contributed by atoms with van der Waals surface area (Å²) in [6.45, 7) is 5.77. The number of nitrogens with one attached hydrogen (secondary N) is 2. The third kappa shape index (κ3) is 5.68. The van der Waals surface area contributed by atoms with E-state index in [1.165, 1.54) is 12.1 Å². The van der Waals surface area contributed by atoms with E-state index >= 15 is 0 Å². The Balaban J connectivity index is 1.57. The van der Waals surface area contributed by atoms with Crippen LogP contribution in [0.15, 0.2) is 48.5 Å². The number of carbonyl (C=O) groups excluding carboxylic acids is 2. The third-order valence-corrected chi connectivity index (χ3v) is 4.51. The molecule has 0 fully saturated rings. The first-order valence-corrected chi connectivity index (χ1v) is 9.58. The lowest BCUT2D eigenvalue weighted by molar-refractivity contribution is -0.137. The van der Waals surface area contributed by atoms with E-state index in [4.69, 9.17) is 0 Å². The van der Waals surface area contributed by atoms with E-state index in [0.29, 0.717) is 5.56 Å². The molecule has 168 valence electrons. The fourth-order valence-corrected chi connectivity index (χ4v) is 2.75. The number of rotatable bonds is 4. The van der Waals surface area contributed by atoms with Gasteiger partial charge < -0.3 is 0 Å². The van der Waals surface area contributed by atoms with Crippen LogP contribution in [0.2, 0.25) is 0 Å². The lowest BCUT2D eigenvalue weighted by atomic mass is 9.87. The van der Waals surface area contributed by atoms with E-state index in [1.807, 2.05) is 12.1 Å². The zero-order valence-corrected chi connectivity index (χ0v) is 17.6. The Kier molecular flexibility index (Phi) is 6.28.